The van der Waals surface area contributed by atoms with Crippen LogP contribution in [0.15, 0.2) is 35.3 Å². The molecule has 1 aromatic rings. The second kappa shape index (κ2) is 12.9. The highest BCUT2D eigenvalue weighted by Gasteiger charge is 2.28. The van der Waals surface area contributed by atoms with Crippen molar-refractivity contribution in [3.63, 3.8) is 0 Å². The number of nitrogens with one attached hydrogen (secondary N) is 3. The smallest absolute Gasteiger partial charge is 0.221 e. The molecular weight excluding hydrogens is 439 g/mol. The van der Waals surface area contributed by atoms with Gasteiger partial charge < -0.3 is 16.0 Å². The normalized spacial score (nSPS) is 11.7. The zero-order valence-corrected chi connectivity index (χ0v) is 19.1. The van der Waals surface area contributed by atoms with Gasteiger partial charge in [-0.25, -0.2) is 0 Å². The Kier molecular flexibility index (Phi) is 12.3. The van der Waals surface area contributed by atoms with Gasteiger partial charge in [-0.2, -0.15) is 0 Å². The molecule has 0 aromatic heterocycles. The third kappa shape index (κ3) is 7.93. The standard InChI is InChI=1S/C20H34N4O.HI/c1-6-20(7-2,17-11-9-8-10-12-17)15-23-19(21-5)22-14-13-18(25)24-16(3)4;/h8-12,16H,6-7,13-15H2,1-5H3,(H,24,25)(H2,21,22,23);1H. The highest BCUT2D eigenvalue weighted by molar-refractivity contribution is 14.0. The summed E-state index contributed by atoms with van der Waals surface area (Å²) in [6.07, 6.45) is 2.53. The minimum Gasteiger partial charge on any atom is -0.356 e. The van der Waals surface area contributed by atoms with Gasteiger partial charge in [-0.05, 0) is 32.3 Å². The van der Waals surface area contributed by atoms with E-state index in [9.17, 15) is 4.79 Å². The van der Waals surface area contributed by atoms with E-state index in [4.69, 9.17) is 0 Å². The summed E-state index contributed by atoms with van der Waals surface area (Å²) in [7, 11) is 1.76. The summed E-state index contributed by atoms with van der Waals surface area (Å²) < 4.78 is 0. The van der Waals surface area contributed by atoms with Gasteiger partial charge in [-0.1, -0.05) is 44.2 Å². The lowest BCUT2D eigenvalue weighted by Crippen LogP contribution is -2.46. The predicted octanol–water partition coefficient (Wildman–Crippen LogP) is 3.44. The quantitative estimate of drug-likeness (QED) is 0.292. The number of carbonyl (C=O) groups is 1. The largest absolute Gasteiger partial charge is 0.356 e. The summed E-state index contributed by atoms with van der Waals surface area (Å²) in [5, 5.41) is 9.55. The van der Waals surface area contributed by atoms with E-state index in [2.05, 4.69) is 65.1 Å². The van der Waals surface area contributed by atoms with Crippen LogP contribution in [0.5, 0.6) is 0 Å². The molecule has 148 valence electrons. The second-order valence-corrected chi connectivity index (χ2v) is 6.68. The maximum absolute atomic E-state index is 11.7. The summed E-state index contributed by atoms with van der Waals surface area (Å²) >= 11 is 0. The van der Waals surface area contributed by atoms with Gasteiger partial charge in [0.15, 0.2) is 5.96 Å². The van der Waals surface area contributed by atoms with E-state index in [0.29, 0.717) is 13.0 Å². The van der Waals surface area contributed by atoms with E-state index < -0.39 is 0 Å². The molecule has 0 spiro atoms. The van der Waals surface area contributed by atoms with Crippen LogP contribution in [-0.2, 0) is 10.2 Å². The maximum atomic E-state index is 11.7. The lowest BCUT2D eigenvalue weighted by Gasteiger charge is -2.33. The molecule has 0 aliphatic heterocycles. The van der Waals surface area contributed by atoms with Crippen molar-refractivity contribution in [2.24, 2.45) is 4.99 Å². The van der Waals surface area contributed by atoms with Crippen LogP contribution in [-0.4, -0.2) is 38.0 Å². The van der Waals surface area contributed by atoms with E-state index in [1.54, 1.807) is 7.05 Å². The molecule has 0 atom stereocenters. The summed E-state index contributed by atoms with van der Waals surface area (Å²) in [4.78, 5) is 16.0. The molecule has 0 unspecified atom stereocenters. The second-order valence-electron chi connectivity index (χ2n) is 6.68. The van der Waals surface area contributed by atoms with E-state index in [-0.39, 0.29) is 41.3 Å². The molecule has 0 radical (unpaired) electrons. The number of hydrogen-bond acceptors (Lipinski definition) is 2. The zero-order chi connectivity index (χ0) is 18.7. The van der Waals surface area contributed by atoms with Crippen LogP contribution in [0.4, 0.5) is 0 Å². The molecule has 0 bridgehead atoms. The Hall–Kier alpha value is -1.31. The van der Waals surface area contributed by atoms with Crippen molar-refractivity contribution in [2.45, 2.75) is 58.4 Å². The van der Waals surface area contributed by atoms with Crippen molar-refractivity contribution in [1.82, 2.24) is 16.0 Å². The van der Waals surface area contributed by atoms with Gasteiger partial charge in [0.05, 0.1) is 0 Å². The van der Waals surface area contributed by atoms with E-state index >= 15 is 0 Å². The Labute approximate surface area is 175 Å². The Morgan fingerprint density at radius 2 is 1.73 bits per heavy atom. The molecule has 6 heteroatoms. The number of halogens is 1. The van der Waals surface area contributed by atoms with Crippen molar-refractivity contribution in [3.05, 3.63) is 35.9 Å². The monoisotopic (exact) mass is 474 g/mol. The summed E-state index contributed by atoms with van der Waals surface area (Å²) in [5.74, 6) is 0.790. The van der Waals surface area contributed by atoms with Crippen LogP contribution in [0.1, 0.15) is 52.5 Å². The number of benzene rings is 1. The SMILES string of the molecule is CCC(CC)(CNC(=NC)NCCC(=O)NC(C)C)c1ccccc1.I. The summed E-state index contributed by atoms with van der Waals surface area (Å²) in [5.41, 5.74) is 1.42. The van der Waals surface area contributed by atoms with Crippen molar-refractivity contribution in [2.75, 3.05) is 20.1 Å². The Bertz CT molecular complexity index is 542. The third-order valence-corrected chi connectivity index (χ3v) is 4.65. The zero-order valence-electron chi connectivity index (χ0n) is 16.8. The van der Waals surface area contributed by atoms with Gasteiger partial charge in [0.2, 0.25) is 5.91 Å². The molecule has 0 fully saturated rings. The maximum Gasteiger partial charge on any atom is 0.221 e. The fourth-order valence-corrected chi connectivity index (χ4v) is 2.96. The van der Waals surface area contributed by atoms with E-state index in [1.807, 2.05) is 13.8 Å². The van der Waals surface area contributed by atoms with Crippen LogP contribution in [0.2, 0.25) is 0 Å². The average Bonchev–Trinajstić information content (AvgIpc) is 2.61. The lowest BCUT2D eigenvalue weighted by molar-refractivity contribution is -0.121. The van der Waals surface area contributed by atoms with E-state index in [0.717, 1.165) is 25.3 Å². The number of aliphatic imine (C=N–C) groups is 1. The molecule has 5 nitrogen and oxygen atoms in total. The molecule has 0 aliphatic rings. The predicted molar refractivity (Wildman–Crippen MR) is 121 cm³/mol. The Morgan fingerprint density at radius 1 is 1.12 bits per heavy atom. The first-order valence-electron chi connectivity index (χ1n) is 9.26. The Morgan fingerprint density at radius 3 is 2.23 bits per heavy atom. The van der Waals surface area contributed by atoms with Crippen molar-refractivity contribution in [3.8, 4) is 0 Å². The summed E-state index contributed by atoms with van der Waals surface area (Å²) in [6.45, 7) is 9.75. The van der Waals surface area contributed by atoms with Gasteiger partial charge >= 0.3 is 0 Å². The number of guanidine groups is 1. The summed E-state index contributed by atoms with van der Waals surface area (Å²) in [6, 6.07) is 10.8. The topological polar surface area (TPSA) is 65.5 Å². The third-order valence-electron chi connectivity index (χ3n) is 4.65. The van der Waals surface area contributed by atoms with Crippen LogP contribution >= 0.6 is 24.0 Å². The van der Waals surface area contributed by atoms with Crippen molar-refractivity contribution in [1.29, 1.82) is 0 Å². The molecule has 0 aliphatic carbocycles. The first-order valence-corrected chi connectivity index (χ1v) is 9.26. The minimum atomic E-state index is 0. The molecule has 1 amide bonds. The first-order chi connectivity index (χ1) is 12.0. The molecule has 0 saturated carbocycles. The number of amides is 1. The van der Waals surface area contributed by atoms with Gasteiger partial charge in [-0.3, -0.25) is 9.79 Å². The molecule has 3 N–H and O–H groups in total. The number of carbonyl (C=O) groups excluding carboxylic acids is 1. The molecular formula is C20H35IN4O. The van der Waals surface area contributed by atoms with Crippen molar-refractivity contribution >= 4 is 35.8 Å². The number of hydrogen-bond donors (Lipinski definition) is 3. The fourth-order valence-electron chi connectivity index (χ4n) is 2.96. The molecule has 0 saturated heterocycles. The van der Waals surface area contributed by atoms with Gasteiger partial charge in [0, 0.05) is 38.0 Å². The first kappa shape index (κ1) is 24.7. The minimum absolute atomic E-state index is 0. The number of nitrogens with zero attached hydrogens (tertiary/aromatic N) is 1. The van der Waals surface area contributed by atoms with Crippen LogP contribution in [0, 0.1) is 0 Å². The van der Waals surface area contributed by atoms with Crippen molar-refractivity contribution < 1.29 is 4.79 Å². The fraction of sp³-hybridized carbons (Fsp3) is 0.600. The number of rotatable bonds is 9. The van der Waals surface area contributed by atoms with Gasteiger partial charge in [-0.15, -0.1) is 24.0 Å². The molecule has 1 rings (SSSR count). The van der Waals surface area contributed by atoms with Gasteiger partial charge in [0.25, 0.3) is 0 Å². The van der Waals surface area contributed by atoms with Crippen LogP contribution in [0.3, 0.4) is 0 Å². The highest BCUT2D eigenvalue weighted by atomic mass is 127. The molecule has 0 heterocycles. The molecule has 1 aromatic carbocycles. The van der Waals surface area contributed by atoms with E-state index in [1.165, 1.54) is 5.56 Å². The highest BCUT2D eigenvalue weighted by Crippen LogP contribution is 2.30. The van der Waals surface area contributed by atoms with Crippen LogP contribution < -0.4 is 16.0 Å². The Balaban J connectivity index is 0.00000625. The van der Waals surface area contributed by atoms with Crippen LogP contribution in [0.25, 0.3) is 0 Å². The average molecular weight is 474 g/mol. The molecule has 26 heavy (non-hydrogen) atoms. The van der Waals surface area contributed by atoms with Gasteiger partial charge in [0.1, 0.15) is 0 Å². The lowest BCUT2D eigenvalue weighted by atomic mass is 9.76.